The average molecular weight is 371 g/mol. The molecule has 2 atom stereocenters. The fourth-order valence-corrected chi connectivity index (χ4v) is 4.46. The van der Waals surface area contributed by atoms with Gasteiger partial charge in [0.05, 0.1) is 11.4 Å². The van der Waals surface area contributed by atoms with Crippen molar-refractivity contribution in [3.63, 3.8) is 0 Å². The Morgan fingerprint density at radius 1 is 1.31 bits per heavy atom. The number of aromatic nitrogens is 1. The second kappa shape index (κ2) is 4.99. The molecule has 3 heterocycles. The van der Waals surface area contributed by atoms with E-state index in [1.807, 2.05) is 6.92 Å². The molecule has 1 spiro atoms. The van der Waals surface area contributed by atoms with E-state index in [-0.39, 0.29) is 17.6 Å². The predicted octanol–water partition coefficient (Wildman–Crippen LogP) is 3.27. The SMILES string of the molecule is C[C@H]1Cc2c([nH]c3cc(N)c(F)cc23)C2(N1)C(=O)Nc1ccc(Cl)cc12. The van der Waals surface area contributed by atoms with E-state index >= 15 is 0 Å². The van der Waals surface area contributed by atoms with Crippen LogP contribution in [0.1, 0.15) is 23.7 Å². The van der Waals surface area contributed by atoms with Crippen molar-refractivity contribution in [3.05, 3.63) is 58.0 Å². The minimum absolute atomic E-state index is 0.0118. The molecule has 0 radical (unpaired) electrons. The number of nitrogens with two attached hydrogens (primary N) is 1. The van der Waals surface area contributed by atoms with Crippen LogP contribution in [0.25, 0.3) is 10.9 Å². The summed E-state index contributed by atoms with van der Waals surface area (Å²) in [6.45, 7) is 2.01. The lowest BCUT2D eigenvalue weighted by molar-refractivity contribution is -0.121. The van der Waals surface area contributed by atoms with Crippen LogP contribution in [0.3, 0.4) is 0 Å². The third-order valence-corrected chi connectivity index (χ3v) is 5.58. The summed E-state index contributed by atoms with van der Waals surface area (Å²) in [4.78, 5) is 16.4. The molecule has 2 aliphatic heterocycles. The Kier molecular flexibility index (Phi) is 3.01. The molecule has 7 heteroatoms. The summed E-state index contributed by atoms with van der Waals surface area (Å²) in [5, 5.41) is 7.68. The molecule has 1 unspecified atom stereocenters. The number of halogens is 2. The number of benzene rings is 2. The Morgan fingerprint density at radius 2 is 2.12 bits per heavy atom. The van der Waals surface area contributed by atoms with Crippen LogP contribution in [0.2, 0.25) is 5.02 Å². The third kappa shape index (κ3) is 1.86. The van der Waals surface area contributed by atoms with E-state index < -0.39 is 11.4 Å². The number of carbonyl (C=O) groups is 1. The van der Waals surface area contributed by atoms with Crippen molar-refractivity contribution in [1.82, 2.24) is 10.3 Å². The van der Waals surface area contributed by atoms with E-state index in [1.54, 1.807) is 24.3 Å². The van der Waals surface area contributed by atoms with Gasteiger partial charge in [-0.15, -0.1) is 0 Å². The van der Waals surface area contributed by atoms with E-state index in [9.17, 15) is 9.18 Å². The maximum Gasteiger partial charge on any atom is 0.255 e. The molecule has 5 N–H and O–H groups in total. The Balaban J connectivity index is 1.87. The van der Waals surface area contributed by atoms with Gasteiger partial charge in [-0.3, -0.25) is 10.1 Å². The summed E-state index contributed by atoms with van der Waals surface area (Å²) < 4.78 is 14.1. The van der Waals surface area contributed by atoms with Gasteiger partial charge in [-0.1, -0.05) is 11.6 Å². The monoisotopic (exact) mass is 370 g/mol. The van der Waals surface area contributed by atoms with E-state index in [0.29, 0.717) is 22.7 Å². The lowest BCUT2D eigenvalue weighted by atomic mass is 9.80. The van der Waals surface area contributed by atoms with Gasteiger partial charge in [-0.05, 0) is 49.2 Å². The van der Waals surface area contributed by atoms with Crippen LogP contribution in [0.4, 0.5) is 15.8 Å². The zero-order chi connectivity index (χ0) is 18.2. The van der Waals surface area contributed by atoms with Crippen LogP contribution in [0, 0.1) is 5.82 Å². The summed E-state index contributed by atoms with van der Waals surface area (Å²) in [6.07, 6.45) is 0.670. The molecule has 1 aromatic heterocycles. The first-order valence-corrected chi connectivity index (χ1v) is 8.77. The van der Waals surface area contributed by atoms with Crippen molar-refractivity contribution >= 4 is 39.8 Å². The molecule has 0 fully saturated rings. The fraction of sp³-hybridized carbons (Fsp3) is 0.211. The number of nitrogens with one attached hydrogen (secondary N) is 3. The van der Waals surface area contributed by atoms with Gasteiger partial charge in [0, 0.05) is 33.2 Å². The number of amides is 1. The summed E-state index contributed by atoms with van der Waals surface area (Å²) >= 11 is 6.21. The second-order valence-electron chi connectivity index (χ2n) is 7.04. The van der Waals surface area contributed by atoms with Gasteiger partial charge in [0.2, 0.25) is 0 Å². The molecule has 5 rings (SSSR count). The molecule has 2 aliphatic rings. The van der Waals surface area contributed by atoms with Crippen molar-refractivity contribution in [2.24, 2.45) is 0 Å². The van der Waals surface area contributed by atoms with Crippen LogP contribution >= 0.6 is 11.6 Å². The largest absolute Gasteiger partial charge is 0.396 e. The summed E-state index contributed by atoms with van der Waals surface area (Å²) in [7, 11) is 0. The summed E-state index contributed by atoms with van der Waals surface area (Å²) in [5.74, 6) is -0.638. The topological polar surface area (TPSA) is 82.9 Å². The molecule has 26 heavy (non-hydrogen) atoms. The molecule has 0 bridgehead atoms. The molecule has 0 saturated carbocycles. The highest BCUT2D eigenvalue weighted by Crippen LogP contribution is 2.47. The lowest BCUT2D eigenvalue weighted by Gasteiger charge is -2.37. The number of rotatable bonds is 0. The maximum absolute atomic E-state index is 14.1. The Morgan fingerprint density at radius 3 is 2.92 bits per heavy atom. The molecule has 3 aromatic rings. The van der Waals surface area contributed by atoms with E-state index in [1.165, 1.54) is 6.07 Å². The quantitative estimate of drug-likeness (QED) is 0.458. The average Bonchev–Trinajstić information content (AvgIpc) is 3.06. The molecule has 132 valence electrons. The smallest absolute Gasteiger partial charge is 0.255 e. The first kappa shape index (κ1) is 15.7. The summed E-state index contributed by atoms with van der Waals surface area (Å²) in [6, 6.07) is 8.37. The number of H-pyrrole nitrogens is 1. The van der Waals surface area contributed by atoms with Crippen LogP contribution in [-0.2, 0) is 16.8 Å². The van der Waals surface area contributed by atoms with Crippen LogP contribution < -0.4 is 16.4 Å². The molecule has 5 nitrogen and oxygen atoms in total. The second-order valence-corrected chi connectivity index (χ2v) is 7.48. The minimum Gasteiger partial charge on any atom is -0.396 e. The lowest BCUT2D eigenvalue weighted by Crippen LogP contribution is -2.56. The molecule has 2 aromatic carbocycles. The van der Waals surface area contributed by atoms with Crippen molar-refractivity contribution in [1.29, 1.82) is 0 Å². The van der Waals surface area contributed by atoms with E-state index in [0.717, 1.165) is 22.2 Å². The van der Waals surface area contributed by atoms with Crippen molar-refractivity contribution < 1.29 is 9.18 Å². The number of hydrogen-bond donors (Lipinski definition) is 4. The molecule has 0 saturated heterocycles. The predicted molar refractivity (Wildman–Crippen MR) is 99.8 cm³/mol. The zero-order valence-corrected chi connectivity index (χ0v) is 14.7. The minimum atomic E-state index is -1.09. The van der Waals surface area contributed by atoms with E-state index in [4.69, 9.17) is 17.3 Å². The number of carbonyl (C=O) groups excluding carboxylic acids is 1. The first-order valence-electron chi connectivity index (χ1n) is 8.39. The van der Waals surface area contributed by atoms with Crippen LogP contribution in [-0.4, -0.2) is 16.9 Å². The summed E-state index contributed by atoms with van der Waals surface area (Å²) in [5.41, 5.74) is 8.56. The molecular formula is C19H16ClFN4O. The van der Waals surface area contributed by atoms with Gasteiger partial charge in [0.15, 0.2) is 5.54 Å². The third-order valence-electron chi connectivity index (χ3n) is 5.35. The molecular weight excluding hydrogens is 355 g/mol. The number of fused-ring (bicyclic) bond motifs is 6. The maximum atomic E-state index is 14.1. The molecule has 1 amide bonds. The van der Waals surface area contributed by atoms with Crippen molar-refractivity contribution in [2.45, 2.75) is 24.9 Å². The van der Waals surface area contributed by atoms with Gasteiger partial charge < -0.3 is 16.0 Å². The van der Waals surface area contributed by atoms with Gasteiger partial charge in [0.1, 0.15) is 5.82 Å². The Bertz CT molecular complexity index is 1110. The normalized spacial score (nSPS) is 24.0. The fourth-order valence-electron chi connectivity index (χ4n) is 4.28. The number of nitrogen functional groups attached to an aromatic ring is 1. The van der Waals surface area contributed by atoms with Crippen molar-refractivity contribution in [2.75, 3.05) is 11.1 Å². The highest BCUT2D eigenvalue weighted by Gasteiger charge is 2.53. The molecule has 0 aliphatic carbocycles. The van der Waals surface area contributed by atoms with Gasteiger partial charge in [-0.25, -0.2) is 4.39 Å². The van der Waals surface area contributed by atoms with Crippen LogP contribution in [0.15, 0.2) is 30.3 Å². The first-order chi connectivity index (χ1) is 12.4. The Hall–Kier alpha value is -2.57. The highest BCUT2D eigenvalue weighted by molar-refractivity contribution is 6.31. The van der Waals surface area contributed by atoms with Crippen LogP contribution in [0.5, 0.6) is 0 Å². The highest BCUT2D eigenvalue weighted by atomic mass is 35.5. The number of aromatic amines is 1. The van der Waals surface area contributed by atoms with E-state index in [2.05, 4.69) is 15.6 Å². The Labute approximate surface area is 153 Å². The number of hydrogen-bond acceptors (Lipinski definition) is 3. The van der Waals surface area contributed by atoms with Gasteiger partial charge in [0.25, 0.3) is 5.91 Å². The van der Waals surface area contributed by atoms with Gasteiger partial charge in [-0.2, -0.15) is 0 Å². The van der Waals surface area contributed by atoms with Gasteiger partial charge >= 0.3 is 0 Å². The standard InChI is InChI=1S/C19H16ClFN4O/c1-8-4-11-10-6-13(21)14(22)7-16(10)23-17(11)19(25-8)12-5-9(20)2-3-15(12)24-18(19)26/h2-3,5-8,23,25H,4,22H2,1H3,(H,24,26)/t8-,19?/m0/s1. The zero-order valence-electron chi connectivity index (χ0n) is 13.9. The van der Waals surface area contributed by atoms with Crippen molar-refractivity contribution in [3.8, 4) is 0 Å². The number of anilines is 2.